The first-order valence-corrected chi connectivity index (χ1v) is 6.13. The lowest BCUT2D eigenvalue weighted by Gasteiger charge is -2.23. The molecule has 7 heteroatoms. The number of carbonyl (C=O) groups excluding carboxylic acids is 2. The van der Waals surface area contributed by atoms with Crippen molar-refractivity contribution in [2.24, 2.45) is 0 Å². The summed E-state index contributed by atoms with van der Waals surface area (Å²) in [5, 5.41) is 17.1. The van der Waals surface area contributed by atoms with Crippen molar-refractivity contribution < 1.29 is 19.5 Å². The van der Waals surface area contributed by atoms with Gasteiger partial charge in [0.15, 0.2) is 0 Å². The van der Waals surface area contributed by atoms with Crippen molar-refractivity contribution in [3.05, 3.63) is 29.3 Å². The van der Waals surface area contributed by atoms with E-state index < -0.39 is 12.0 Å². The van der Waals surface area contributed by atoms with Crippen LogP contribution in [0.5, 0.6) is 0 Å². The number of carboxylic acid groups (broad SMARTS) is 1. The monoisotopic (exact) mass is 277 g/mol. The number of rotatable bonds is 3. The molecule has 1 aromatic carbocycles. The Morgan fingerprint density at radius 1 is 1.40 bits per heavy atom. The number of carboxylic acids is 1. The zero-order valence-electron chi connectivity index (χ0n) is 10.9. The van der Waals surface area contributed by atoms with Crippen molar-refractivity contribution in [3.8, 4) is 0 Å². The fourth-order valence-corrected chi connectivity index (χ4v) is 2.03. The maximum Gasteiger partial charge on any atom is 0.338 e. The van der Waals surface area contributed by atoms with Crippen LogP contribution in [-0.4, -0.2) is 42.0 Å². The number of aryl methyl sites for hydroxylation is 1. The highest BCUT2D eigenvalue weighted by Crippen LogP contribution is 2.19. The van der Waals surface area contributed by atoms with E-state index in [1.54, 1.807) is 19.1 Å². The van der Waals surface area contributed by atoms with Gasteiger partial charge in [-0.25, -0.2) is 4.79 Å². The summed E-state index contributed by atoms with van der Waals surface area (Å²) in [6, 6.07) is 4.30. The summed E-state index contributed by atoms with van der Waals surface area (Å²) in [4.78, 5) is 34.3. The number of hydrogen-bond acceptors (Lipinski definition) is 4. The Balaban J connectivity index is 2.14. The largest absolute Gasteiger partial charge is 0.478 e. The quantitative estimate of drug-likeness (QED) is 0.608. The third kappa shape index (κ3) is 2.94. The van der Waals surface area contributed by atoms with Crippen LogP contribution in [0.2, 0.25) is 0 Å². The molecule has 7 nitrogen and oxygen atoms in total. The summed E-state index contributed by atoms with van der Waals surface area (Å²) < 4.78 is 0. The highest BCUT2D eigenvalue weighted by molar-refractivity contribution is 6.03. The van der Waals surface area contributed by atoms with Gasteiger partial charge in [0.05, 0.1) is 17.8 Å². The van der Waals surface area contributed by atoms with E-state index in [4.69, 9.17) is 0 Å². The van der Waals surface area contributed by atoms with Gasteiger partial charge in [-0.15, -0.1) is 0 Å². The van der Waals surface area contributed by atoms with Gasteiger partial charge in [-0.3, -0.25) is 14.9 Å². The minimum Gasteiger partial charge on any atom is -0.478 e. The fourth-order valence-electron chi connectivity index (χ4n) is 2.03. The number of aromatic carboxylic acids is 1. The first-order valence-electron chi connectivity index (χ1n) is 6.13. The molecule has 1 aromatic rings. The van der Waals surface area contributed by atoms with Crippen molar-refractivity contribution in [2.45, 2.75) is 13.0 Å². The van der Waals surface area contributed by atoms with Crippen molar-refractivity contribution in [1.29, 1.82) is 0 Å². The van der Waals surface area contributed by atoms with E-state index in [2.05, 4.69) is 16.0 Å². The van der Waals surface area contributed by atoms with E-state index >= 15 is 0 Å². The van der Waals surface area contributed by atoms with E-state index in [-0.39, 0.29) is 36.2 Å². The van der Waals surface area contributed by atoms with Crippen LogP contribution in [0, 0.1) is 6.92 Å². The van der Waals surface area contributed by atoms with Crippen LogP contribution in [0.1, 0.15) is 15.9 Å². The van der Waals surface area contributed by atoms with Crippen molar-refractivity contribution >= 4 is 23.5 Å². The number of nitrogens with one attached hydrogen (secondary N) is 3. The molecule has 0 spiro atoms. The van der Waals surface area contributed by atoms with Crippen LogP contribution >= 0.6 is 0 Å². The standard InChI is InChI=1S/C13H15N3O4/c1-7-3-2-4-8(11(7)13(19)20)16-12(18)9-5-15-10(17)6-14-9/h2-4,9,14H,5-6H2,1H3,(H,15,17)(H,16,18)(H,19,20). The van der Waals surface area contributed by atoms with Crippen molar-refractivity contribution in [3.63, 3.8) is 0 Å². The van der Waals surface area contributed by atoms with E-state index in [1.807, 2.05) is 0 Å². The average Bonchev–Trinajstić information content (AvgIpc) is 2.39. The summed E-state index contributed by atoms with van der Waals surface area (Å²) in [6.45, 7) is 1.91. The van der Waals surface area contributed by atoms with E-state index in [1.165, 1.54) is 6.07 Å². The molecule has 2 amide bonds. The predicted octanol–water partition coefficient (Wildman–Crippen LogP) is -0.280. The van der Waals surface area contributed by atoms with Gasteiger partial charge in [-0.2, -0.15) is 0 Å². The first kappa shape index (κ1) is 14.0. The van der Waals surface area contributed by atoms with E-state index in [9.17, 15) is 19.5 Å². The van der Waals surface area contributed by atoms with Gasteiger partial charge in [0.2, 0.25) is 11.8 Å². The van der Waals surface area contributed by atoms with Gasteiger partial charge in [0, 0.05) is 6.54 Å². The molecule has 0 aromatic heterocycles. The van der Waals surface area contributed by atoms with Crippen molar-refractivity contribution in [1.82, 2.24) is 10.6 Å². The lowest BCUT2D eigenvalue weighted by atomic mass is 10.1. The molecule has 0 saturated carbocycles. The number of hydrogen-bond donors (Lipinski definition) is 4. The predicted molar refractivity (Wildman–Crippen MR) is 71.6 cm³/mol. The maximum atomic E-state index is 12.0. The number of piperazine rings is 1. The summed E-state index contributed by atoms with van der Waals surface area (Å²) in [5.74, 6) is -1.64. The second kappa shape index (κ2) is 5.70. The molecule has 1 atom stereocenters. The van der Waals surface area contributed by atoms with Gasteiger partial charge in [-0.1, -0.05) is 12.1 Å². The van der Waals surface area contributed by atoms with Crippen LogP contribution in [0.4, 0.5) is 5.69 Å². The zero-order chi connectivity index (χ0) is 14.7. The van der Waals surface area contributed by atoms with Crippen LogP contribution in [0.3, 0.4) is 0 Å². The molecular weight excluding hydrogens is 262 g/mol. The topological polar surface area (TPSA) is 108 Å². The Labute approximate surface area is 115 Å². The molecule has 1 aliphatic heterocycles. The van der Waals surface area contributed by atoms with Crippen molar-refractivity contribution in [2.75, 3.05) is 18.4 Å². The number of carbonyl (C=O) groups is 3. The van der Waals surface area contributed by atoms with Gasteiger partial charge in [-0.05, 0) is 18.6 Å². The Hall–Kier alpha value is -2.41. The molecule has 0 radical (unpaired) electrons. The summed E-state index contributed by atoms with van der Waals surface area (Å²) in [5.41, 5.74) is 0.891. The lowest BCUT2D eigenvalue weighted by molar-refractivity contribution is -0.124. The number of benzene rings is 1. The molecular formula is C13H15N3O4. The van der Waals surface area contributed by atoms with E-state index in [0.29, 0.717) is 5.56 Å². The Bertz CT molecular complexity index is 561. The van der Waals surface area contributed by atoms with E-state index in [0.717, 1.165) is 0 Å². The summed E-state index contributed by atoms with van der Waals surface area (Å²) in [7, 11) is 0. The molecule has 2 rings (SSSR count). The molecule has 0 bridgehead atoms. The first-order chi connectivity index (χ1) is 9.49. The van der Waals surface area contributed by atoms with Crippen LogP contribution in [0.25, 0.3) is 0 Å². The Morgan fingerprint density at radius 2 is 2.15 bits per heavy atom. The SMILES string of the molecule is Cc1cccc(NC(=O)C2CNC(=O)CN2)c1C(=O)O. The Morgan fingerprint density at radius 3 is 2.75 bits per heavy atom. The van der Waals surface area contributed by atoms with Crippen LogP contribution in [0.15, 0.2) is 18.2 Å². The number of anilines is 1. The minimum atomic E-state index is -1.09. The third-order valence-electron chi connectivity index (χ3n) is 3.07. The third-order valence-corrected chi connectivity index (χ3v) is 3.07. The van der Waals surface area contributed by atoms with Gasteiger partial charge >= 0.3 is 5.97 Å². The number of amides is 2. The smallest absolute Gasteiger partial charge is 0.338 e. The minimum absolute atomic E-state index is 0.0672. The molecule has 20 heavy (non-hydrogen) atoms. The molecule has 1 aliphatic rings. The van der Waals surface area contributed by atoms with Crippen LogP contribution < -0.4 is 16.0 Å². The maximum absolute atomic E-state index is 12.0. The lowest BCUT2D eigenvalue weighted by Crippen LogP contribution is -2.56. The fraction of sp³-hybridized carbons (Fsp3) is 0.308. The molecule has 0 aliphatic carbocycles. The highest BCUT2D eigenvalue weighted by atomic mass is 16.4. The van der Waals surface area contributed by atoms with Gasteiger partial charge < -0.3 is 15.7 Å². The molecule has 1 fully saturated rings. The second-order valence-corrected chi connectivity index (χ2v) is 4.53. The van der Waals surface area contributed by atoms with Gasteiger partial charge in [0.1, 0.15) is 6.04 Å². The van der Waals surface area contributed by atoms with Gasteiger partial charge in [0.25, 0.3) is 0 Å². The zero-order valence-corrected chi connectivity index (χ0v) is 10.9. The van der Waals surface area contributed by atoms with Crippen LogP contribution in [-0.2, 0) is 9.59 Å². The summed E-state index contributed by atoms with van der Waals surface area (Å²) >= 11 is 0. The second-order valence-electron chi connectivity index (χ2n) is 4.53. The molecule has 4 N–H and O–H groups in total. The summed E-state index contributed by atoms with van der Waals surface area (Å²) in [6.07, 6.45) is 0. The highest BCUT2D eigenvalue weighted by Gasteiger charge is 2.25. The molecule has 106 valence electrons. The molecule has 1 saturated heterocycles. The Kier molecular flexibility index (Phi) is 3.99. The average molecular weight is 277 g/mol. The normalized spacial score (nSPS) is 18.2. The molecule has 1 unspecified atom stereocenters. The molecule has 1 heterocycles.